The topological polar surface area (TPSA) is 12.0 Å². The van der Waals surface area contributed by atoms with Crippen LogP contribution in [0, 0.1) is 19.3 Å². The van der Waals surface area contributed by atoms with Crippen molar-refractivity contribution in [3.63, 3.8) is 0 Å². The summed E-state index contributed by atoms with van der Waals surface area (Å²) in [6.45, 7) is 9.15. The molecule has 0 heterocycles. The highest BCUT2D eigenvalue weighted by Gasteiger charge is 2.49. The van der Waals surface area contributed by atoms with Gasteiger partial charge in [0.25, 0.3) is 0 Å². The molecule has 0 radical (unpaired) electrons. The lowest BCUT2D eigenvalue weighted by molar-refractivity contribution is 0.0494. The maximum Gasteiger partial charge on any atom is 0.0130 e. The van der Waals surface area contributed by atoms with Crippen molar-refractivity contribution in [1.82, 2.24) is 5.32 Å². The van der Waals surface area contributed by atoms with E-state index >= 15 is 0 Å². The number of hydrogen-bond acceptors (Lipinski definition) is 1. The van der Waals surface area contributed by atoms with E-state index in [9.17, 15) is 0 Å². The molecule has 1 heteroatoms. The van der Waals surface area contributed by atoms with Gasteiger partial charge in [-0.1, -0.05) is 43.2 Å². The van der Waals surface area contributed by atoms with Gasteiger partial charge in [0.2, 0.25) is 0 Å². The molecule has 17 heavy (non-hydrogen) atoms. The molecule has 1 aliphatic rings. The second kappa shape index (κ2) is 4.45. The van der Waals surface area contributed by atoms with Crippen LogP contribution in [-0.4, -0.2) is 13.1 Å². The lowest BCUT2D eigenvalue weighted by Gasteiger charge is -2.54. The minimum atomic E-state index is 0.426. The number of benzene rings is 1. The van der Waals surface area contributed by atoms with Crippen LogP contribution in [0.25, 0.3) is 0 Å². The normalized spacial score (nSPS) is 32.3. The molecule has 94 valence electrons. The lowest BCUT2D eigenvalue weighted by Crippen LogP contribution is -2.55. The summed E-state index contributed by atoms with van der Waals surface area (Å²) >= 11 is 0. The van der Waals surface area contributed by atoms with Crippen LogP contribution in [-0.2, 0) is 0 Å². The van der Waals surface area contributed by atoms with Crippen LogP contribution in [0.15, 0.2) is 18.2 Å². The van der Waals surface area contributed by atoms with E-state index in [4.69, 9.17) is 0 Å². The highest BCUT2D eigenvalue weighted by atomic mass is 14.9. The van der Waals surface area contributed by atoms with Gasteiger partial charge in [0, 0.05) is 6.04 Å². The molecule has 0 aliphatic heterocycles. The fourth-order valence-corrected chi connectivity index (χ4v) is 3.52. The van der Waals surface area contributed by atoms with E-state index in [1.54, 1.807) is 5.56 Å². The van der Waals surface area contributed by atoms with E-state index in [2.05, 4.69) is 58.3 Å². The smallest absolute Gasteiger partial charge is 0.0130 e. The Balaban J connectivity index is 2.29. The molecule has 1 nitrogen and oxygen atoms in total. The van der Waals surface area contributed by atoms with Gasteiger partial charge in [-0.2, -0.15) is 0 Å². The van der Waals surface area contributed by atoms with Gasteiger partial charge >= 0.3 is 0 Å². The molecule has 0 spiro atoms. The quantitative estimate of drug-likeness (QED) is 0.834. The van der Waals surface area contributed by atoms with Crippen molar-refractivity contribution in [3.8, 4) is 0 Å². The average Bonchev–Trinajstić information content (AvgIpc) is 2.26. The third kappa shape index (κ3) is 2.01. The summed E-state index contributed by atoms with van der Waals surface area (Å²) in [4.78, 5) is 0. The van der Waals surface area contributed by atoms with E-state index in [1.165, 1.54) is 24.0 Å². The van der Waals surface area contributed by atoms with Crippen molar-refractivity contribution in [2.45, 2.75) is 52.5 Å². The zero-order chi connectivity index (χ0) is 12.6. The van der Waals surface area contributed by atoms with Gasteiger partial charge < -0.3 is 5.32 Å². The third-order valence-electron chi connectivity index (χ3n) is 4.82. The molecular formula is C16H25N. The monoisotopic (exact) mass is 231 g/mol. The fraction of sp³-hybridized carbons (Fsp3) is 0.625. The zero-order valence-electron chi connectivity index (χ0n) is 11.8. The Hall–Kier alpha value is -0.820. The molecule has 0 aromatic heterocycles. The fourth-order valence-electron chi connectivity index (χ4n) is 3.52. The first-order valence-electron chi connectivity index (χ1n) is 6.76. The van der Waals surface area contributed by atoms with Crippen LogP contribution < -0.4 is 5.32 Å². The predicted octanol–water partition coefficient (Wildman–Crippen LogP) is 3.80. The molecule has 0 bridgehead atoms. The van der Waals surface area contributed by atoms with Gasteiger partial charge in [-0.05, 0) is 50.6 Å². The van der Waals surface area contributed by atoms with Crippen molar-refractivity contribution in [3.05, 3.63) is 34.9 Å². The molecule has 0 amide bonds. The Bertz CT molecular complexity index is 390. The second-order valence-corrected chi connectivity index (χ2v) is 5.91. The molecule has 1 fully saturated rings. The Kier molecular flexibility index (Phi) is 3.31. The summed E-state index contributed by atoms with van der Waals surface area (Å²) in [6.07, 6.45) is 2.53. The molecule has 1 aromatic rings. The summed E-state index contributed by atoms with van der Waals surface area (Å²) < 4.78 is 0. The summed E-state index contributed by atoms with van der Waals surface area (Å²) in [7, 11) is 2.09. The Morgan fingerprint density at radius 3 is 2.29 bits per heavy atom. The van der Waals surface area contributed by atoms with Crippen LogP contribution in [0.2, 0.25) is 0 Å². The minimum absolute atomic E-state index is 0.426. The first kappa shape index (κ1) is 12.6. The zero-order valence-corrected chi connectivity index (χ0v) is 11.8. The Morgan fingerprint density at radius 1 is 1.24 bits per heavy atom. The molecule has 1 aromatic carbocycles. The van der Waals surface area contributed by atoms with Crippen LogP contribution in [0.4, 0.5) is 0 Å². The SMILES string of the molecule is CCC1(C)C(NC)CC1c1cc(C)cc(C)c1. The van der Waals surface area contributed by atoms with Gasteiger partial charge in [0.1, 0.15) is 0 Å². The number of rotatable bonds is 3. The average molecular weight is 231 g/mol. The highest BCUT2D eigenvalue weighted by Crippen LogP contribution is 2.54. The summed E-state index contributed by atoms with van der Waals surface area (Å²) in [5.74, 6) is 0.726. The van der Waals surface area contributed by atoms with Crippen molar-refractivity contribution in [1.29, 1.82) is 0 Å². The number of aryl methyl sites for hydroxylation is 2. The van der Waals surface area contributed by atoms with Gasteiger partial charge in [-0.3, -0.25) is 0 Å². The van der Waals surface area contributed by atoms with E-state index in [0.717, 1.165) is 5.92 Å². The molecule has 0 saturated heterocycles. The third-order valence-corrected chi connectivity index (χ3v) is 4.82. The molecule has 3 unspecified atom stereocenters. The van der Waals surface area contributed by atoms with Crippen LogP contribution in [0.5, 0.6) is 0 Å². The first-order chi connectivity index (χ1) is 8.01. The Labute approximate surface area is 106 Å². The molecule has 1 N–H and O–H groups in total. The molecule has 1 saturated carbocycles. The van der Waals surface area contributed by atoms with Gasteiger partial charge in [0.15, 0.2) is 0 Å². The second-order valence-electron chi connectivity index (χ2n) is 5.91. The van der Waals surface area contributed by atoms with Gasteiger partial charge in [0.05, 0.1) is 0 Å². The summed E-state index contributed by atoms with van der Waals surface area (Å²) in [5, 5.41) is 3.47. The van der Waals surface area contributed by atoms with E-state index in [0.29, 0.717) is 11.5 Å². The summed E-state index contributed by atoms with van der Waals surface area (Å²) in [5.41, 5.74) is 4.76. The van der Waals surface area contributed by atoms with Crippen LogP contribution >= 0.6 is 0 Å². The summed E-state index contributed by atoms with van der Waals surface area (Å²) in [6, 6.07) is 7.69. The largest absolute Gasteiger partial charge is 0.316 e. The molecule has 3 atom stereocenters. The maximum atomic E-state index is 3.47. The van der Waals surface area contributed by atoms with Crippen molar-refractivity contribution >= 4 is 0 Å². The predicted molar refractivity (Wildman–Crippen MR) is 74.5 cm³/mol. The highest BCUT2D eigenvalue weighted by molar-refractivity contribution is 5.35. The Morgan fingerprint density at radius 2 is 1.82 bits per heavy atom. The molecular weight excluding hydrogens is 206 g/mol. The molecule has 2 rings (SSSR count). The first-order valence-corrected chi connectivity index (χ1v) is 6.76. The van der Waals surface area contributed by atoms with Gasteiger partial charge in [-0.15, -0.1) is 0 Å². The van der Waals surface area contributed by atoms with Crippen molar-refractivity contribution < 1.29 is 0 Å². The van der Waals surface area contributed by atoms with Crippen LogP contribution in [0.3, 0.4) is 0 Å². The number of nitrogens with one attached hydrogen (secondary N) is 1. The standard InChI is InChI=1S/C16H25N/c1-6-16(4)14(10-15(16)17-5)13-8-11(2)7-12(3)9-13/h7-9,14-15,17H,6,10H2,1-5H3. The van der Waals surface area contributed by atoms with Crippen LogP contribution in [0.1, 0.15) is 49.3 Å². The minimum Gasteiger partial charge on any atom is -0.316 e. The number of hydrogen-bond donors (Lipinski definition) is 1. The van der Waals surface area contributed by atoms with Crippen molar-refractivity contribution in [2.75, 3.05) is 7.05 Å². The van der Waals surface area contributed by atoms with E-state index < -0.39 is 0 Å². The maximum absolute atomic E-state index is 3.47. The van der Waals surface area contributed by atoms with Gasteiger partial charge in [-0.25, -0.2) is 0 Å². The van der Waals surface area contributed by atoms with E-state index in [-0.39, 0.29) is 0 Å². The van der Waals surface area contributed by atoms with E-state index in [1.807, 2.05) is 0 Å². The lowest BCUT2D eigenvalue weighted by atomic mass is 9.54. The van der Waals surface area contributed by atoms with Crippen molar-refractivity contribution in [2.24, 2.45) is 5.41 Å². The molecule has 1 aliphatic carbocycles.